The number of Topliss-reactive ketones (excluding diaryl/α,β-unsaturated/α-hetero) is 1. The van der Waals surface area contributed by atoms with E-state index in [1.165, 1.54) is 23.6 Å². The summed E-state index contributed by atoms with van der Waals surface area (Å²) < 4.78 is 0. The normalized spacial score (nSPS) is 15.4. The number of carbonyl (C=O) groups excluding carboxylic acids is 2. The van der Waals surface area contributed by atoms with Crippen molar-refractivity contribution in [1.29, 1.82) is 0 Å². The van der Waals surface area contributed by atoms with Gasteiger partial charge in [-0.3, -0.25) is 14.5 Å². The van der Waals surface area contributed by atoms with Crippen molar-refractivity contribution in [1.82, 2.24) is 0 Å². The van der Waals surface area contributed by atoms with Crippen molar-refractivity contribution in [2.75, 3.05) is 10.7 Å². The number of rotatable bonds is 4. The van der Waals surface area contributed by atoms with Crippen LogP contribution in [0.1, 0.15) is 12.5 Å². The highest BCUT2D eigenvalue weighted by molar-refractivity contribution is 8.14. The molecular formula is C19H13Cl3N2O2S. The van der Waals surface area contributed by atoms with E-state index in [0.717, 1.165) is 5.56 Å². The maximum absolute atomic E-state index is 13.0. The fraction of sp³-hybridized carbons (Fsp3) is 0.105. The fourth-order valence-corrected chi connectivity index (χ4v) is 3.67. The summed E-state index contributed by atoms with van der Waals surface area (Å²) in [6, 6.07) is 12.1. The van der Waals surface area contributed by atoms with Crippen molar-refractivity contribution in [3.05, 3.63) is 68.8 Å². The van der Waals surface area contributed by atoms with E-state index in [-0.39, 0.29) is 28.2 Å². The zero-order valence-electron chi connectivity index (χ0n) is 14.1. The molecule has 2 aromatic rings. The summed E-state index contributed by atoms with van der Waals surface area (Å²) in [6.07, 6.45) is 1.66. The first kappa shape index (κ1) is 20.0. The standard InChI is InChI=1S/C19H13Cl3N2O2S/c1-11(25)10-27-19-23-15(9-12-5-7-13(20)8-6-12)18(26)24(19)16-4-2-3-14(21)17(16)22/h2-9H,10H2,1H3/b15-9-. The Morgan fingerprint density at radius 2 is 1.85 bits per heavy atom. The zero-order chi connectivity index (χ0) is 19.6. The van der Waals surface area contributed by atoms with Gasteiger partial charge in [0.05, 0.1) is 21.5 Å². The van der Waals surface area contributed by atoms with Gasteiger partial charge < -0.3 is 0 Å². The van der Waals surface area contributed by atoms with Gasteiger partial charge in [0, 0.05) is 5.02 Å². The minimum Gasteiger partial charge on any atom is -0.299 e. The molecule has 8 heteroatoms. The van der Waals surface area contributed by atoms with Crippen LogP contribution in [-0.2, 0) is 9.59 Å². The number of benzene rings is 2. The van der Waals surface area contributed by atoms with Gasteiger partial charge >= 0.3 is 0 Å². The SMILES string of the molecule is CC(=O)CSC1=N/C(=C\c2ccc(Cl)cc2)C(=O)N1c1cccc(Cl)c1Cl. The predicted octanol–water partition coefficient (Wildman–Crippen LogP) is 5.71. The first-order valence-electron chi connectivity index (χ1n) is 7.83. The van der Waals surface area contributed by atoms with Crippen molar-refractivity contribution in [3.8, 4) is 0 Å². The number of hydrogen-bond acceptors (Lipinski definition) is 4. The number of anilines is 1. The lowest BCUT2D eigenvalue weighted by Crippen LogP contribution is -2.31. The van der Waals surface area contributed by atoms with Gasteiger partial charge in [0.2, 0.25) is 0 Å². The van der Waals surface area contributed by atoms with Crippen molar-refractivity contribution in [2.45, 2.75) is 6.92 Å². The highest BCUT2D eigenvalue weighted by Gasteiger charge is 2.33. The number of amidine groups is 1. The highest BCUT2D eigenvalue weighted by atomic mass is 35.5. The molecule has 0 bridgehead atoms. The number of halogens is 3. The van der Waals surface area contributed by atoms with E-state index in [2.05, 4.69) is 4.99 Å². The molecule has 0 radical (unpaired) electrons. The summed E-state index contributed by atoms with van der Waals surface area (Å²) in [6.45, 7) is 1.48. The van der Waals surface area contributed by atoms with E-state index < -0.39 is 0 Å². The van der Waals surface area contributed by atoms with Crippen LogP contribution in [0.25, 0.3) is 6.08 Å². The Balaban J connectivity index is 2.02. The Labute approximate surface area is 175 Å². The number of nitrogens with zero attached hydrogens (tertiary/aromatic N) is 2. The molecule has 0 spiro atoms. The Bertz CT molecular complexity index is 971. The molecule has 0 aromatic heterocycles. The second kappa shape index (κ2) is 8.48. The third kappa shape index (κ3) is 4.55. The second-order valence-corrected chi connectivity index (χ2v) is 7.84. The largest absolute Gasteiger partial charge is 0.299 e. The van der Waals surface area contributed by atoms with Crippen molar-refractivity contribution < 1.29 is 9.59 Å². The molecule has 2 aromatic carbocycles. The van der Waals surface area contributed by atoms with E-state index in [0.29, 0.717) is 20.9 Å². The molecule has 1 amide bonds. The summed E-state index contributed by atoms with van der Waals surface area (Å²) in [4.78, 5) is 30.2. The van der Waals surface area contributed by atoms with Gasteiger partial charge in [0.25, 0.3) is 5.91 Å². The van der Waals surface area contributed by atoms with Crippen LogP contribution in [0.3, 0.4) is 0 Å². The molecule has 3 rings (SSSR count). The Kier molecular flexibility index (Phi) is 6.27. The average Bonchev–Trinajstić information content (AvgIpc) is 2.93. The molecule has 4 nitrogen and oxygen atoms in total. The van der Waals surface area contributed by atoms with Crippen molar-refractivity contribution in [3.63, 3.8) is 0 Å². The fourth-order valence-electron chi connectivity index (χ4n) is 2.35. The van der Waals surface area contributed by atoms with Crippen molar-refractivity contribution >= 4 is 75.2 Å². The number of amides is 1. The van der Waals surface area contributed by atoms with Crippen molar-refractivity contribution in [2.24, 2.45) is 4.99 Å². The lowest BCUT2D eigenvalue weighted by Gasteiger charge is -2.19. The molecule has 1 heterocycles. The van der Waals surface area contributed by atoms with E-state index in [1.807, 2.05) is 0 Å². The van der Waals surface area contributed by atoms with Gasteiger partial charge in [-0.2, -0.15) is 0 Å². The average molecular weight is 440 g/mol. The molecule has 1 aliphatic rings. The molecular weight excluding hydrogens is 427 g/mol. The lowest BCUT2D eigenvalue weighted by atomic mass is 10.2. The highest BCUT2D eigenvalue weighted by Crippen LogP contribution is 2.37. The summed E-state index contributed by atoms with van der Waals surface area (Å²) in [7, 11) is 0. The van der Waals surface area contributed by atoms with Crippen LogP contribution < -0.4 is 4.90 Å². The first-order chi connectivity index (χ1) is 12.9. The Morgan fingerprint density at radius 3 is 2.52 bits per heavy atom. The van der Waals surface area contributed by atoms with E-state index in [9.17, 15) is 9.59 Å². The van der Waals surface area contributed by atoms with Crippen LogP contribution in [0.2, 0.25) is 15.1 Å². The second-order valence-electron chi connectivity index (χ2n) is 5.68. The maximum atomic E-state index is 13.0. The first-order valence-corrected chi connectivity index (χ1v) is 9.95. The third-order valence-corrected chi connectivity index (χ3v) is 5.72. The monoisotopic (exact) mass is 438 g/mol. The number of hydrogen-bond donors (Lipinski definition) is 0. The molecule has 0 fully saturated rings. The van der Waals surface area contributed by atoms with Gasteiger partial charge in [-0.1, -0.05) is 64.8 Å². The Hall–Kier alpha value is -1.79. The van der Waals surface area contributed by atoms with Gasteiger partial charge in [-0.15, -0.1) is 0 Å². The minimum atomic E-state index is -0.347. The third-order valence-electron chi connectivity index (χ3n) is 3.58. The van der Waals surface area contributed by atoms with Gasteiger partial charge in [-0.05, 0) is 42.8 Å². The van der Waals surface area contributed by atoms with Crippen LogP contribution >= 0.6 is 46.6 Å². The molecule has 0 saturated heterocycles. The lowest BCUT2D eigenvalue weighted by molar-refractivity contribution is -0.115. The molecule has 0 saturated carbocycles. The quantitative estimate of drug-likeness (QED) is 0.573. The molecule has 0 aliphatic carbocycles. The van der Waals surface area contributed by atoms with Crippen LogP contribution in [0.5, 0.6) is 0 Å². The summed E-state index contributed by atoms with van der Waals surface area (Å²) in [5.74, 6) is -0.183. The summed E-state index contributed by atoms with van der Waals surface area (Å²) >= 11 is 19.5. The maximum Gasteiger partial charge on any atom is 0.283 e. The summed E-state index contributed by atoms with van der Waals surface area (Å²) in [5, 5.41) is 1.55. The summed E-state index contributed by atoms with van der Waals surface area (Å²) in [5.41, 5.74) is 1.43. The van der Waals surface area contributed by atoms with E-state index >= 15 is 0 Å². The smallest absolute Gasteiger partial charge is 0.283 e. The number of ketones is 1. The zero-order valence-corrected chi connectivity index (χ0v) is 17.2. The van der Waals surface area contributed by atoms with Gasteiger partial charge in [-0.25, -0.2) is 4.99 Å². The minimum absolute atomic E-state index is 0.0255. The molecule has 0 unspecified atom stereocenters. The van der Waals surface area contributed by atoms with E-state index in [1.54, 1.807) is 48.5 Å². The molecule has 138 valence electrons. The number of aliphatic imine (C=N–C) groups is 1. The van der Waals surface area contributed by atoms with Crippen LogP contribution in [-0.4, -0.2) is 22.6 Å². The number of thioether (sulfide) groups is 1. The number of carbonyl (C=O) groups is 2. The predicted molar refractivity (Wildman–Crippen MR) is 114 cm³/mol. The Morgan fingerprint density at radius 1 is 1.15 bits per heavy atom. The van der Waals surface area contributed by atoms with E-state index in [4.69, 9.17) is 34.8 Å². The molecule has 1 aliphatic heterocycles. The van der Waals surface area contributed by atoms with Crippen LogP contribution in [0.4, 0.5) is 5.69 Å². The molecule has 0 atom stereocenters. The van der Waals surface area contributed by atoms with Gasteiger partial charge in [0.1, 0.15) is 11.5 Å². The topological polar surface area (TPSA) is 49.7 Å². The van der Waals surface area contributed by atoms with Crippen LogP contribution in [0.15, 0.2) is 53.2 Å². The van der Waals surface area contributed by atoms with Gasteiger partial charge in [0.15, 0.2) is 5.17 Å². The van der Waals surface area contributed by atoms with Crippen LogP contribution in [0, 0.1) is 0 Å². The molecule has 27 heavy (non-hydrogen) atoms. The molecule has 0 N–H and O–H groups in total.